The van der Waals surface area contributed by atoms with E-state index in [9.17, 15) is 0 Å². The Bertz CT molecular complexity index is 624. The van der Waals surface area contributed by atoms with Gasteiger partial charge < -0.3 is 4.70 Å². The maximum Gasteiger partial charge on any atom is 0.0849 e. The largest absolute Gasteiger partial charge is 1.00 e. The Balaban J connectivity index is 0.00000225. The first-order chi connectivity index (χ1) is 11.8. The summed E-state index contributed by atoms with van der Waals surface area (Å²) < 4.78 is 0. The Kier molecular flexibility index (Phi) is 7.34. The van der Waals surface area contributed by atoms with Crippen molar-refractivity contribution in [1.29, 1.82) is 0 Å². The summed E-state index contributed by atoms with van der Waals surface area (Å²) in [6.07, 6.45) is 4.97. The van der Waals surface area contributed by atoms with Crippen molar-refractivity contribution in [2.24, 2.45) is 0 Å². The molecule has 0 spiro atoms. The van der Waals surface area contributed by atoms with Crippen molar-refractivity contribution in [2.75, 3.05) is 6.16 Å². The van der Waals surface area contributed by atoms with Crippen LogP contribution in [0.2, 0.25) is 0 Å². The molecule has 0 aliphatic rings. The van der Waals surface area contributed by atoms with Crippen molar-refractivity contribution in [1.82, 2.24) is 0 Å². The summed E-state index contributed by atoms with van der Waals surface area (Å²) in [5.41, 5.74) is 4.46. The summed E-state index contributed by atoms with van der Waals surface area (Å²) in [6, 6.07) is 33.1. The predicted molar refractivity (Wildman–Crippen MR) is 108 cm³/mol. The van der Waals surface area contributed by atoms with Crippen molar-refractivity contribution in [3.8, 4) is 0 Å². The zero-order valence-electron chi connectivity index (χ0n) is 14.8. The fourth-order valence-corrected chi connectivity index (χ4v) is 7.38. The highest BCUT2D eigenvalue weighted by atomic mass is 31.2. The number of benzene rings is 3. The standard InChI is InChI=1S/C23H26P.FH/c1-2-24(18-21-12-6-3-7-13-21,19-22-14-8-4-9-15-22)20-23-16-10-5-11-17-23;/h3-17H,2,18-20H2,1H3;1H/q+1;/p-1. The molecule has 0 aliphatic heterocycles. The molecule has 3 aromatic carbocycles. The lowest BCUT2D eigenvalue weighted by atomic mass is 10.2. The molecule has 0 aliphatic carbocycles. The van der Waals surface area contributed by atoms with Crippen LogP contribution in [0.3, 0.4) is 0 Å². The SMILES string of the molecule is CC[P+](Cc1ccccc1)(Cc1ccccc1)Cc1ccccc1.[F-]. The highest BCUT2D eigenvalue weighted by molar-refractivity contribution is 7.73. The molecule has 0 N–H and O–H groups in total. The van der Waals surface area contributed by atoms with Crippen LogP contribution in [0.25, 0.3) is 0 Å². The van der Waals surface area contributed by atoms with Crippen LogP contribution in [0.5, 0.6) is 0 Å². The molecule has 0 heterocycles. The Morgan fingerprint density at radius 2 is 0.800 bits per heavy atom. The molecule has 0 bridgehead atoms. The van der Waals surface area contributed by atoms with Crippen molar-refractivity contribution in [2.45, 2.75) is 25.4 Å². The zero-order chi connectivity index (χ0) is 16.7. The third-order valence-corrected chi connectivity index (χ3v) is 9.20. The molecular weight excluding hydrogens is 326 g/mol. The summed E-state index contributed by atoms with van der Waals surface area (Å²) in [5.74, 6) is 0. The molecule has 0 atom stereocenters. The van der Waals surface area contributed by atoms with Crippen molar-refractivity contribution >= 4 is 7.26 Å². The van der Waals surface area contributed by atoms with Crippen LogP contribution in [0, 0.1) is 0 Å². The van der Waals surface area contributed by atoms with Crippen LogP contribution < -0.4 is 4.70 Å². The average Bonchev–Trinajstić information content (AvgIpc) is 2.64. The Morgan fingerprint density at radius 3 is 1.04 bits per heavy atom. The maximum absolute atomic E-state index is 2.39. The fraction of sp³-hybridized carbons (Fsp3) is 0.217. The number of halogens is 1. The Hall–Kier alpha value is -1.98. The number of hydrogen-bond acceptors (Lipinski definition) is 0. The minimum Gasteiger partial charge on any atom is -1.00 e. The zero-order valence-corrected chi connectivity index (χ0v) is 15.7. The van der Waals surface area contributed by atoms with E-state index in [2.05, 4.69) is 97.9 Å². The second kappa shape index (κ2) is 9.49. The molecule has 0 radical (unpaired) electrons. The second-order valence-electron chi connectivity index (χ2n) is 6.59. The molecule has 3 rings (SSSR count). The molecule has 0 unspecified atom stereocenters. The summed E-state index contributed by atoms with van der Waals surface area (Å²) in [5, 5.41) is 0. The molecular formula is C23H26FP. The van der Waals surface area contributed by atoms with Gasteiger partial charge in [-0.15, -0.1) is 0 Å². The van der Waals surface area contributed by atoms with Crippen molar-refractivity contribution in [3.05, 3.63) is 108 Å². The van der Waals surface area contributed by atoms with E-state index in [1.165, 1.54) is 41.3 Å². The van der Waals surface area contributed by atoms with E-state index in [0.29, 0.717) is 0 Å². The third-order valence-electron chi connectivity index (χ3n) is 4.75. The lowest BCUT2D eigenvalue weighted by molar-refractivity contribution is -0.00000506. The van der Waals surface area contributed by atoms with Gasteiger partial charge in [-0.25, -0.2) is 0 Å². The van der Waals surface area contributed by atoms with Gasteiger partial charge in [-0.2, -0.15) is 0 Å². The average molecular weight is 352 g/mol. The Labute approximate surface area is 151 Å². The predicted octanol–water partition coefficient (Wildman–Crippen LogP) is 3.63. The molecule has 0 aromatic heterocycles. The van der Waals surface area contributed by atoms with E-state index in [1.54, 1.807) is 0 Å². The molecule has 2 heteroatoms. The van der Waals surface area contributed by atoms with Crippen molar-refractivity contribution < 1.29 is 4.70 Å². The first-order valence-corrected chi connectivity index (χ1v) is 11.3. The van der Waals surface area contributed by atoms with E-state index in [1.807, 2.05) is 0 Å². The first kappa shape index (κ1) is 19.3. The molecule has 0 amide bonds. The highest BCUT2D eigenvalue weighted by Crippen LogP contribution is 2.66. The molecule has 25 heavy (non-hydrogen) atoms. The third kappa shape index (κ3) is 5.51. The quantitative estimate of drug-likeness (QED) is 0.570. The minimum atomic E-state index is -1.14. The fourth-order valence-electron chi connectivity index (χ4n) is 3.42. The van der Waals surface area contributed by atoms with Crippen LogP contribution in [-0.4, -0.2) is 6.16 Å². The molecule has 130 valence electrons. The van der Waals surface area contributed by atoms with E-state index in [-0.39, 0.29) is 4.70 Å². The summed E-state index contributed by atoms with van der Waals surface area (Å²) >= 11 is 0. The first-order valence-electron chi connectivity index (χ1n) is 8.76. The lowest BCUT2D eigenvalue weighted by Crippen LogP contribution is -3.00. The minimum absolute atomic E-state index is 0. The number of rotatable bonds is 7. The van der Waals surface area contributed by atoms with Gasteiger partial charge in [0.25, 0.3) is 0 Å². The summed E-state index contributed by atoms with van der Waals surface area (Å²) in [6.45, 7) is 2.39. The summed E-state index contributed by atoms with van der Waals surface area (Å²) in [4.78, 5) is 0. The van der Waals surface area contributed by atoms with E-state index in [4.69, 9.17) is 0 Å². The van der Waals surface area contributed by atoms with Crippen LogP contribution in [0.4, 0.5) is 0 Å². The number of hydrogen-bond donors (Lipinski definition) is 0. The summed E-state index contributed by atoms with van der Waals surface area (Å²) in [7, 11) is -1.14. The van der Waals surface area contributed by atoms with Gasteiger partial charge in [-0.1, -0.05) is 91.0 Å². The van der Waals surface area contributed by atoms with E-state index >= 15 is 0 Å². The molecule has 0 saturated carbocycles. The molecule has 0 saturated heterocycles. The topological polar surface area (TPSA) is 0 Å². The molecule has 0 nitrogen and oxygen atoms in total. The van der Waals surface area contributed by atoms with Gasteiger partial charge in [0.1, 0.15) is 0 Å². The maximum atomic E-state index is 2.39. The van der Waals surface area contributed by atoms with Gasteiger partial charge in [0, 0.05) is 7.26 Å². The van der Waals surface area contributed by atoms with Gasteiger partial charge in [0.15, 0.2) is 0 Å². The highest BCUT2D eigenvalue weighted by Gasteiger charge is 2.36. The monoisotopic (exact) mass is 352 g/mol. The second-order valence-corrected chi connectivity index (χ2v) is 10.9. The normalized spacial score (nSPS) is 10.9. The smallest absolute Gasteiger partial charge is 0.0849 e. The van der Waals surface area contributed by atoms with Gasteiger partial charge in [0.2, 0.25) is 0 Å². The van der Waals surface area contributed by atoms with Crippen LogP contribution in [-0.2, 0) is 18.5 Å². The van der Waals surface area contributed by atoms with Gasteiger partial charge >= 0.3 is 0 Å². The van der Waals surface area contributed by atoms with Crippen molar-refractivity contribution in [3.63, 3.8) is 0 Å². The molecule has 3 aromatic rings. The van der Waals surface area contributed by atoms with E-state index < -0.39 is 7.26 Å². The Morgan fingerprint density at radius 1 is 0.520 bits per heavy atom. The van der Waals surface area contributed by atoms with Crippen LogP contribution in [0.15, 0.2) is 91.0 Å². The molecule has 0 fully saturated rings. The van der Waals surface area contributed by atoms with Gasteiger partial charge in [0.05, 0.1) is 24.6 Å². The van der Waals surface area contributed by atoms with Crippen LogP contribution >= 0.6 is 7.26 Å². The van der Waals surface area contributed by atoms with Gasteiger partial charge in [-0.05, 0) is 23.6 Å². The lowest BCUT2D eigenvalue weighted by Gasteiger charge is -2.27. The van der Waals surface area contributed by atoms with Gasteiger partial charge in [-0.3, -0.25) is 0 Å². The van der Waals surface area contributed by atoms with Crippen LogP contribution in [0.1, 0.15) is 23.6 Å². The van der Waals surface area contributed by atoms with E-state index in [0.717, 1.165) is 0 Å².